The molecule has 0 aliphatic heterocycles. The van der Waals surface area contributed by atoms with E-state index in [1.165, 1.54) is 5.56 Å². The third kappa shape index (κ3) is 3.02. The van der Waals surface area contributed by atoms with E-state index >= 15 is 0 Å². The normalized spacial score (nSPS) is 10.3. The van der Waals surface area contributed by atoms with Gasteiger partial charge in [-0.2, -0.15) is 0 Å². The van der Waals surface area contributed by atoms with Gasteiger partial charge in [-0.25, -0.2) is 0 Å². The highest BCUT2D eigenvalue weighted by Gasteiger charge is 2.12. The summed E-state index contributed by atoms with van der Waals surface area (Å²) in [5.41, 5.74) is 9.71. The van der Waals surface area contributed by atoms with E-state index < -0.39 is 0 Å². The molecule has 0 unspecified atom stereocenters. The second-order valence-corrected chi connectivity index (χ2v) is 5.52. The van der Waals surface area contributed by atoms with E-state index in [0.717, 1.165) is 28.0 Å². The van der Waals surface area contributed by atoms with Crippen LogP contribution < -0.4 is 10.6 Å². The lowest BCUT2D eigenvalue weighted by Crippen LogP contribution is -2.17. The molecule has 0 spiro atoms. The molecule has 0 aliphatic carbocycles. The van der Waals surface area contributed by atoms with E-state index in [-0.39, 0.29) is 5.84 Å². The van der Waals surface area contributed by atoms with Crippen molar-refractivity contribution in [1.82, 2.24) is 0 Å². The molecule has 0 aliphatic rings. The summed E-state index contributed by atoms with van der Waals surface area (Å²) in [5.74, 6) is 0.0795. The van der Waals surface area contributed by atoms with Gasteiger partial charge in [0.15, 0.2) is 0 Å². The van der Waals surface area contributed by atoms with Crippen LogP contribution in [0.4, 0.5) is 11.4 Å². The van der Waals surface area contributed by atoms with Gasteiger partial charge in [0.05, 0.1) is 5.69 Å². The molecule has 3 nitrogen and oxygen atoms in total. The second kappa shape index (κ2) is 6.09. The number of nitrogens with two attached hydrogens (primary N) is 1. The van der Waals surface area contributed by atoms with Gasteiger partial charge in [0, 0.05) is 22.3 Å². The summed E-state index contributed by atoms with van der Waals surface area (Å²) in [6, 6.07) is 14.2. The molecule has 0 radical (unpaired) electrons. The van der Waals surface area contributed by atoms with E-state index in [9.17, 15) is 0 Å². The van der Waals surface area contributed by atoms with Crippen molar-refractivity contribution in [2.24, 2.45) is 5.73 Å². The van der Waals surface area contributed by atoms with Crippen LogP contribution in [0.2, 0.25) is 0 Å². The Bertz CT molecular complexity index is 637. The Morgan fingerprint density at radius 2 is 2.00 bits per heavy atom. The van der Waals surface area contributed by atoms with Gasteiger partial charge < -0.3 is 10.6 Å². The molecule has 20 heavy (non-hydrogen) atoms. The van der Waals surface area contributed by atoms with Crippen LogP contribution in [0.3, 0.4) is 0 Å². The number of hydrogen-bond donors (Lipinski definition) is 2. The van der Waals surface area contributed by atoms with Gasteiger partial charge in [-0.1, -0.05) is 12.1 Å². The van der Waals surface area contributed by atoms with Gasteiger partial charge in [0.1, 0.15) is 5.84 Å². The number of nitrogens with one attached hydrogen (secondary N) is 1. The Labute approximate surface area is 128 Å². The molecule has 0 saturated heterocycles. The van der Waals surface area contributed by atoms with E-state index in [0.29, 0.717) is 0 Å². The molecule has 3 N–H and O–H groups in total. The fourth-order valence-corrected chi connectivity index (χ4v) is 2.77. The Hall–Kier alpha value is -1.81. The third-order valence-electron chi connectivity index (χ3n) is 3.18. The van der Waals surface area contributed by atoms with Crippen LogP contribution in [0.1, 0.15) is 18.1 Å². The first-order valence-corrected chi connectivity index (χ1v) is 7.30. The fourth-order valence-electron chi connectivity index (χ4n) is 2.18. The standard InChI is InChI=1S/C16H18BrN3/c1-3-20(13-6-4-5-11(2)9-13)15-8-7-12(16(18)19)10-14(15)17/h4-10H,3H2,1-2H3,(H3,18,19). The molecule has 0 aromatic heterocycles. The van der Waals surface area contributed by atoms with Crippen LogP contribution in [0.15, 0.2) is 46.9 Å². The molecular weight excluding hydrogens is 314 g/mol. The zero-order valence-corrected chi connectivity index (χ0v) is 13.2. The van der Waals surface area contributed by atoms with Crippen LogP contribution in [-0.2, 0) is 0 Å². The highest BCUT2D eigenvalue weighted by atomic mass is 79.9. The average Bonchev–Trinajstić information content (AvgIpc) is 2.41. The Balaban J connectivity index is 2.44. The van der Waals surface area contributed by atoms with Gasteiger partial charge in [0.25, 0.3) is 0 Å². The number of rotatable bonds is 4. The molecule has 0 bridgehead atoms. The smallest absolute Gasteiger partial charge is 0.122 e. The topological polar surface area (TPSA) is 53.1 Å². The maximum absolute atomic E-state index is 7.49. The third-order valence-corrected chi connectivity index (χ3v) is 3.81. The van der Waals surface area contributed by atoms with Crippen LogP contribution in [0, 0.1) is 12.3 Å². The minimum absolute atomic E-state index is 0.0795. The van der Waals surface area contributed by atoms with Gasteiger partial charge in [-0.05, 0) is 65.7 Å². The van der Waals surface area contributed by atoms with Crippen molar-refractivity contribution in [3.63, 3.8) is 0 Å². The molecule has 2 aromatic carbocycles. The van der Waals surface area contributed by atoms with Crippen molar-refractivity contribution in [3.8, 4) is 0 Å². The number of aryl methyl sites for hydroxylation is 1. The molecule has 2 rings (SSSR count). The lowest BCUT2D eigenvalue weighted by molar-refractivity contribution is 1.02. The molecule has 2 aromatic rings. The van der Waals surface area contributed by atoms with E-state index in [4.69, 9.17) is 11.1 Å². The summed E-state index contributed by atoms with van der Waals surface area (Å²) in [6.07, 6.45) is 0. The van der Waals surface area contributed by atoms with E-state index in [2.05, 4.69) is 58.9 Å². The first-order chi connectivity index (χ1) is 9.52. The molecule has 104 valence electrons. The van der Waals surface area contributed by atoms with Crippen LogP contribution in [0.25, 0.3) is 0 Å². The predicted molar refractivity (Wildman–Crippen MR) is 89.0 cm³/mol. The summed E-state index contributed by atoms with van der Waals surface area (Å²) >= 11 is 3.58. The molecule has 0 amide bonds. The van der Waals surface area contributed by atoms with Crippen molar-refractivity contribution in [2.45, 2.75) is 13.8 Å². The van der Waals surface area contributed by atoms with Crippen molar-refractivity contribution >= 4 is 33.1 Å². The first kappa shape index (κ1) is 14.6. The predicted octanol–water partition coefficient (Wildman–Crippen LogP) is 4.20. The molecule has 0 atom stereocenters. The van der Waals surface area contributed by atoms with Crippen molar-refractivity contribution in [1.29, 1.82) is 5.41 Å². The van der Waals surface area contributed by atoms with Crippen LogP contribution >= 0.6 is 15.9 Å². The lowest BCUT2D eigenvalue weighted by atomic mass is 10.1. The monoisotopic (exact) mass is 331 g/mol. The zero-order valence-electron chi connectivity index (χ0n) is 11.7. The molecule has 0 heterocycles. The average molecular weight is 332 g/mol. The highest BCUT2D eigenvalue weighted by Crippen LogP contribution is 2.33. The van der Waals surface area contributed by atoms with Gasteiger partial charge in [-0.3, -0.25) is 5.41 Å². The number of amidine groups is 1. The van der Waals surface area contributed by atoms with Crippen molar-refractivity contribution in [2.75, 3.05) is 11.4 Å². The zero-order chi connectivity index (χ0) is 14.7. The number of anilines is 2. The molecule has 0 saturated carbocycles. The number of nitrogens with zero attached hydrogens (tertiary/aromatic N) is 1. The largest absolute Gasteiger partial charge is 0.384 e. The summed E-state index contributed by atoms with van der Waals surface area (Å²) in [6.45, 7) is 5.07. The first-order valence-electron chi connectivity index (χ1n) is 6.51. The quantitative estimate of drug-likeness (QED) is 0.651. The van der Waals surface area contributed by atoms with Gasteiger partial charge in [0.2, 0.25) is 0 Å². The summed E-state index contributed by atoms with van der Waals surface area (Å²) in [5, 5.41) is 7.49. The maximum atomic E-state index is 7.49. The van der Waals surface area contributed by atoms with Crippen LogP contribution in [0.5, 0.6) is 0 Å². The summed E-state index contributed by atoms with van der Waals surface area (Å²) in [7, 11) is 0. The highest BCUT2D eigenvalue weighted by molar-refractivity contribution is 9.10. The maximum Gasteiger partial charge on any atom is 0.122 e. The van der Waals surface area contributed by atoms with Crippen molar-refractivity contribution < 1.29 is 0 Å². The lowest BCUT2D eigenvalue weighted by Gasteiger charge is -2.25. The minimum atomic E-state index is 0.0795. The second-order valence-electron chi connectivity index (χ2n) is 4.66. The molecule has 0 fully saturated rings. The van der Waals surface area contributed by atoms with E-state index in [1.807, 2.05) is 18.2 Å². The Kier molecular flexibility index (Phi) is 4.45. The van der Waals surface area contributed by atoms with Crippen molar-refractivity contribution in [3.05, 3.63) is 58.1 Å². The summed E-state index contributed by atoms with van der Waals surface area (Å²) in [4.78, 5) is 2.22. The number of nitrogen functional groups attached to an aromatic ring is 1. The Morgan fingerprint density at radius 3 is 2.55 bits per heavy atom. The van der Waals surface area contributed by atoms with Crippen LogP contribution in [-0.4, -0.2) is 12.4 Å². The SMILES string of the molecule is CCN(c1cccc(C)c1)c1ccc(C(=N)N)cc1Br. The Morgan fingerprint density at radius 1 is 1.25 bits per heavy atom. The van der Waals surface area contributed by atoms with Gasteiger partial charge in [-0.15, -0.1) is 0 Å². The number of halogens is 1. The fraction of sp³-hybridized carbons (Fsp3) is 0.188. The minimum Gasteiger partial charge on any atom is -0.384 e. The summed E-state index contributed by atoms with van der Waals surface area (Å²) < 4.78 is 0.938. The van der Waals surface area contributed by atoms with Gasteiger partial charge >= 0.3 is 0 Å². The number of benzene rings is 2. The number of hydrogen-bond acceptors (Lipinski definition) is 2. The molecule has 4 heteroatoms. The van der Waals surface area contributed by atoms with E-state index in [1.54, 1.807) is 0 Å². The molecular formula is C16H18BrN3.